The van der Waals surface area contributed by atoms with E-state index in [1.807, 2.05) is 0 Å². The van der Waals surface area contributed by atoms with Crippen molar-refractivity contribution in [2.24, 2.45) is 5.92 Å². The first-order valence-electron chi connectivity index (χ1n) is 7.93. The minimum atomic E-state index is -4.83. The van der Waals surface area contributed by atoms with Gasteiger partial charge in [-0.3, -0.25) is 9.09 Å². The zero-order valence-corrected chi connectivity index (χ0v) is 13.3. The van der Waals surface area contributed by atoms with Gasteiger partial charge in [-0.05, 0) is 25.7 Å². The van der Waals surface area contributed by atoms with Crippen LogP contribution in [-0.2, 0) is 9.09 Å². The molecule has 0 spiro atoms. The molecule has 0 aromatic carbocycles. The maximum atomic E-state index is 13.9. The fourth-order valence-electron chi connectivity index (χ4n) is 3.49. The minimum absolute atomic E-state index is 0.0377. The fraction of sp³-hybridized carbons (Fsp3) is 1.00. The molecular formula is C14H23F4O3P. The molecule has 1 N–H and O–H groups in total. The molecule has 2 fully saturated rings. The van der Waals surface area contributed by atoms with Crippen LogP contribution in [0.4, 0.5) is 17.6 Å². The van der Waals surface area contributed by atoms with Crippen molar-refractivity contribution >= 4 is 7.60 Å². The van der Waals surface area contributed by atoms with E-state index in [0.29, 0.717) is 38.5 Å². The van der Waals surface area contributed by atoms with Gasteiger partial charge in [0.15, 0.2) is 6.10 Å². The molecule has 0 bridgehead atoms. The number of alkyl halides is 4. The van der Waals surface area contributed by atoms with Crippen LogP contribution in [0.2, 0.25) is 0 Å². The van der Waals surface area contributed by atoms with Crippen molar-refractivity contribution in [2.45, 2.75) is 81.9 Å². The first-order valence-corrected chi connectivity index (χ1v) is 9.58. The number of hydrogen-bond acceptors (Lipinski definition) is 2. The summed E-state index contributed by atoms with van der Waals surface area (Å²) in [4.78, 5) is 10.0. The van der Waals surface area contributed by atoms with E-state index in [1.54, 1.807) is 0 Å². The zero-order valence-electron chi connectivity index (χ0n) is 12.4. The Hall–Kier alpha value is -0.130. The third-order valence-corrected chi connectivity index (χ3v) is 6.71. The molecule has 0 amide bonds. The molecule has 0 heterocycles. The van der Waals surface area contributed by atoms with Crippen LogP contribution in [0.3, 0.4) is 0 Å². The quantitative estimate of drug-likeness (QED) is 0.577. The highest BCUT2D eigenvalue weighted by atomic mass is 31.2. The van der Waals surface area contributed by atoms with Gasteiger partial charge in [0.1, 0.15) is 6.17 Å². The standard InChI is InChI=1S/C14H23F4O3P/c15-12-9-5-4-8-11(12)13(14(16,17)18)21-22(19,20)10-6-2-1-3-7-10/h10-13H,1-9H2,(H,19,20). The van der Waals surface area contributed by atoms with E-state index in [4.69, 9.17) is 4.52 Å². The molecular weight excluding hydrogens is 323 g/mol. The van der Waals surface area contributed by atoms with E-state index in [-0.39, 0.29) is 12.8 Å². The fourth-order valence-corrected chi connectivity index (χ4v) is 5.28. The molecule has 0 saturated heterocycles. The lowest BCUT2D eigenvalue weighted by molar-refractivity contribution is -0.220. The van der Waals surface area contributed by atoms with Gasteiger partial charge < -0.3 is 4.89 Å². The minimum Gasteiger partial charge on any atom is -0.324 e. The molecule has 4 atom stereocenters. The molecule has 2 saturated carbocycles. The van der Waals surface area contributed by atoms with Crippen LogP contribution in [0.5, 0.6) is 0 Å². The van der Waals surface area contributed by atoms with Gasteiger partial charge in [-0.1, -0.05) is 32.1 Å². The van der Waals surface area contributed by atoms with Crippen LogP contribution in [0.15, 0.2) is 0 Å². The van der Waals surface area contributed by atoms with Crippen molar-refractivity contribution in [1.82, 2.24) is 0 Å². The second-order valence-corrected chi connectivity index (χ2v) is 8.46. The van der Waals surface area contributed by atoms with E-state index in [9.17, 15) is 27.0 Å². The predicted octanol–water partition coefficient (Wildman–Crippen LogP) is 4.98. The lowest BCUT2D eigenvalue weighted by atomic mass is 9.83. The van der Waals surface area contributed by atoms with Crippen LogP contribution < -0.4 is 0 Å². The van der Waals surface area contributed by atoms with Gasteiger partial charge in [-0.25, -0.2) is 4.39 Å². The Morgan fingerprint density at radius 3 is 2.09 bits per heavy atom. The zero-order chi connectivity index (χ0) is 16.4. The van der Waals surface area contributed by atoms with E-state index in [0.717, 1.165) is 6.42 Å². The molecule has 0 aliphatic heterocycles. The maximum absolute atomic E-state index is 13.9. The lowest BCUT2D eigenvalue weighted by Crippen LogP contribution is -2.44. The highest BCUT2D eigenvalue weighted by molar-refractivity contribution is 7.53. The third kappa shape index (κ3) is 4.45. The van der Waals surface area contributed by atoms with Crippen molar-refractivity contribution in [3.8, 4) is 0 Å². The Labute approximate surface area is 128 Å². The molecule has 4 unspecified atom stereocenters. The summed E-state index contributed by atoms with van der Waals surface area (Å²) < 4.78 is 70.6. The normalized spacial score (nSPS) is 32.4. The molecule has 3 nitrogen and oxygen atoms in total. The van der Waals surface area contributed by atoms with Gasteiger partial charge in [0.25, 0.3) is 0 Å². The molecule has 0 radical (unpaired) electrons. The van der Waals surface area contributed by atoms with Crippen molar-refractivity contribution in [1.29, 1.82) is 0 Å². The maximum Gasteiger partial charge on any atom is 0.415 e. The summed E-state index contributed by atoms with van der Waals surface area (Å²) in [6, 6.07) is 0. The molecule has 8 heteroatoms. The third-order valence-electron chi connectivity index (χ3n) is 4.74. The van der Waals surface area contributed by atoms with Crippen molar-refractivity contribution < 1.29 is 31.5 Å². The van der Waals surface area contributed by atoms with Crippen molar-refractivity contribution in [2.75, 3.05) is 0 Å². The summed E-state index contributed by atoms with van der Waals surface area (Å²) in [5, 5.41) is 0. The first-order chi connectivity index (χ1) is 10.2. The van der Waals surface area contributed by atoms with Crippen LogP contribution in [0.1, 0.15) is 57.8 Å². The molecule has 2 aliphatic rings. The molecule has 22 heavy (non-hydrogen) atoms. The van der Waals surface area contributed by atoms with E-state index in [2.05, 4.69) is 0 Å². The molecule has 0 aromatic heterocycles. The van der Waals surface area contributed by atoms with E-state index in [1.165, 1.54) is 0 Å². The Morgan fingerprint density at radius 1 is 1.00 bits per heavy atom. The number of rotatable bonds is 4. The number of hydrogen-bond donors (Lipinski definition) is 1. The Bertz CT molecular complexity index is 409. The van der Waals surface area contributed by atoms with Gasteiger partial charge in [0.05, 0.1) is 5.66 Å². The Morgan fingerprint density at radius 2 is 1.55 bits per heavy atom. The second-order valence-electron chi connectivity index (χ2n) is 6.39. The van der Waals surface area contributed by atoms with Crippen molar-refractivity contribution in [3.05, 3.63) is 0 Å². The topological polar surface area (TPSA) is 46.5 Å². The van der Waals surface area contributed by atoms with Crippen molar-refractivity contribution in [3.63, 3.8) is 0 Å². The second kappa shape index (κ2) is 7.18. The summed E-state index contributed by atoms with van der Waals surface area (Å²) in [7, 11) is -4.40. The SMILES string of the molecule is O=P(O)(OC(C1CCCCC1F)C(F)(F)F)C1CCCCC1. The first kappa shape index (κ1) is 18.2. The lowest BCUT2D eigenvalue weighted by Gasteiger charge is -2.36. The number of halogens is 4. The summed E-state index contributed by atoms with van der Waals surface area (Å²) in [5.74, 6) is -1.38. The van der Waals surface area contributed by atoms with Crippen LogP contribution in [-0.4, -0.2) is 29.0 Å². The monoisotopic (exact) mass is 346 g/mol. The smallest absolute Gasteiger partial charge is 0.324 e. The average Bonchev–Trinajstić information content (AvgIpc) is 2.46. The summed E-state index contributed by atoms with van der Waals surface area (Å²) in [6.45, 7) is 0. The van der Waals surface area contributed by atoms with E-state index >= 15 is 0 Å². The molecule has 130 valence electrons. The average molecular weight is 346 g/mol. The Kier molecular flexibility index (Phi) is 5.95. The highest BCUT2D eigenvalue weighted by Crippen LogP contribution is 2.56. The van der Waals surface area contributed by atoms with Crippen LogP contribution in [0, 0.1) is 5.92 Å². The largest absolute Gasteiger partial charge is 0.415 e. The molecule has 2 aliphatic carbocycles. The van der Waals surface area contributed by atoms with Gasteiger partial charge in [-0.2, -0.15) is 13.2 Å². The van der Waals surface area contributed by atoms with Gasteiger partial charge >= 0.3 is 13.8 Å². The molecule has 2 rings (SSSR count). The summed E-state index contributed by atoms with van der Waals surface area (Å²) in [6.07, 6.45) is -4.71. The highest BCUT2D eigenvalue weighted by Gasteiger charge is 2.53. The molecule has 0 aromatic rings. The van der Waals surface area contributed by atoms with Gasteiger partial charge in [0, 0.05) is 5.92 Å². The predicted molar refractivity (Wildman–Crippen MR) is 74.5 cm³/mol. The Balaban J connectivity index is 2.13. The van der Waals surface area contributed by atoms with Crippen LogP contribution in [0.25, 0.3) is 0 Å². The van der Waals surface area contributed by atoms with Gasteiger partial charge in [0.2, 0.25) is 0 Å². The summed E-state index contributed by atoms with van der Waals surface area (Å²) in [5.41, 5.74) is -0.757. The van der Waals surface area contributed by atoms with Gasteiger partial charge in [-0.15, -0.1) is 0 Å². The van der Waals surface area contributed by atoms with E-state index < -0.39 is 37.6 Å². The summed E-state index contributed by atoms with van der Waals surface area (Å²) >= 11 is 0. The van der Waals surface area contributed by atoms with Crippen LogP contribution >= 0.6 is 7.60 Å².